The molecule has 0 aliphatic rings. The zero-order chi connectivity index (χ0) is 26.2. The number of aryl methyl sites for hydroxylation is 1. The number of aliphatic carboxylic acids is 1. The quantitative estimate of drug-likeness (QED) is 0.243. The molecule has 0 amide bonds. The number of rotatable bonds is 12. The van der Waals surface area contributed by atoms with Crippen LogP contribution in [-0.4, -0.2) is 30.9 Å². The van der Waals surface area contributed by atoms with Crippen LogP contribution in [0.2, 0.25) is 0 Å². The third-order valence-electron chi connectivity index (χ3n) is 6.61. The minimum Gasteiger partial charge on any atom is -0.491 e. The van der Waals surface area contributed by atoms with Crippen molar-refractivity contribution in [3.8, 4) is 16.9 Å². The van der Waals surface area contributed by atoms with Gasteiger partial charge in [0.15, 0.2) is 0 Å². The summed E-state index contributed by atoms with van der Waals surface area (Å²) in [5.74, 6) is -0.396. The largest absolute Gasteiger partial charge is 0.491 e. The molecule has 0 aliphatic carbocycles. The average molecular weight is 530 g/mol. The summed E-state index contributed by atoms with van der Waals surface area (Å²) in [6, 6.07) is 13.2. The molecule has 3 aromatic rings. The molecule has 0 saturated heterocycles. The Bertz CT molecular complexity index is 1200. The molecule has 3 rings (SSSR count). The summed E-state index contributed by atoms with van der Waals surface area (Å²) >= 11 is 0. The number of ether oxygens (including phenoxy) is 2. The van der Waals surface area contributed by atoms with E-state index in [-0.39, 0.29) is 25.2 Å². The SMILES string of the molecule is CCOCCOc1c(C)c(C)c(-c2cccc(CNc3ccc(CCC(=O)O)c(F)c3)c2)c(C)c1C.Cl. The third kappa shape index (κ3) is 7.70. The molecule has 0 heterocycles. The highest BCUT2D eigenvalue weighted by molar-refractivity contribution is 5.85. The van der Waals surface area contributed by atoms with Gasteiger partial charge in [0.25, 0.3) is 0 Å². The highest BCUT2D eigenvalue weighted by Gasteiger charge is 2.17. The Morgan fingerprint density at radius 2 is 1.68 bits per heavy atom. The first-order chi connectivity index (χ1) is 17.2. The number of carbonyl (C=O) groups is 1. The van der Waals surface area contributed by atoms with Crippen molar-refractivity contribution in [2.24, 2.45) is 0 Å². The van der Waals surface area contributed by atoms with Crippen LogP contribution in [0.3, 0.4) is 0 Å². The minimum atomic E-state index is -0.934. The van der Waals surface area contributed by atoms with Gasteiger partial charge in [-0.3, -0.25) is 4.79 Å². The van der Waals surface area contributed by atoms with Gasteiger partial charge in [0.05, 0.1) is 6.61 Å². The number of nitrogens with one attached hydrogen (secondary N) is 1. The Labute approximate surface area is 225 Å². The second kappa shape index (κ2) is 14.0. The molecule has 0 radical (unpaired) electrons. The number of carboxylic acid groups (broad SMARTS) is 1. The van der Waals surface area contributed by atoms with Crippen molar-refractivity contribution in [1.29, 1.82) is 0 Å². The molecule has 5 nitrogen and oxygen atoms in total. The van der Waals surface area contributed by atoms with Crippen LogP contribution in [0, 0.1) is 33.5 Å². The van der Waals surface area contributed by atoms with Crippen LogP contribution in [0.4, 0.5) is 10.1 Å². The fraction of sp³-hybridized carbons (Fsp3) is 0.367. The van der Waals surface area contributed by atoms with Crippen molar-refractivity contribution in [3.05, 3.63) is 81.7 Å². The van der Waals surface area contributed by atoms with Crippen LogP contribution in [-0.2, 0) is 22.5 Å². The summed E-state index contributed by atoms with van der Waals surface area (Å²) in [7, 11) is 0. The van der Waals surface area contributed by atoms with Gasteiger partial charge in [-0.15, -0.1) is 12.4 Å². The molecule has 0 atom stereocenters. The third-order valence-corrected chi connectivity index (χ3v) is 6.61. The maximum atomic E-state index is 14.4. The molecule has 0 aliphatic heterocycles. The first kappa shape index (κ1) is 30.1. The maximum Gasteiger partial charge on any atom is 0.303 e. The Morgan fingerprint density at radius 1 is 0.973 bits per heavy atom. The number of anilines is 1. The Kier molecular flexibility index (Phi) is 11.4. The van der Waals surface area contributed by atoms with Crippen LogP contribution >= 0.6 is 12.4 Å². The van der Waals surface area contributed by atoms with Crippen molar-refractivity contribution in [2.75, 3.05) is 25.1 Å². The lowest BCUT2D eigenvalue weighted by Crippen LogP contribution is -2.10. The summed E-state index contributed by atoms with van der Waals surface area (Å²) in [5, 5.41) is 12.1. The molecule has 3 aromatic carbocycles. The van der Waals surface area contributed by atoms with E-state index in [1.807, 2.05) is 19.1 Å². The second-order valence-electron chi connectivity index (χ2n) is 9.00. The summed E-state index contributed by atoms with van der Waals surface area (Å²) in [6.07, 6.45) is 0.0893. The monoisotopic (exact) mass is 529 g/mol. The van der Waals surface area contributed by atoms with Gasteiger partial charge >= 0.3 is 5.97 Å². The molecule has 0 fully saturated rings. The second-order valence-corrected chi connectivity index (χ2v) is 9.00. The molecule has 2 N–H and O–H groups in total. The van der Waals surface area contributed by atoms with E-state index in [1.165, 1.54) is 22.8 Å². The Hall–Kier alpha value is -3.09. The van der Waals surface area contributed by atoms with Gasteiger partial charge in [0.2, 0.25) is 0 Å². The van der Waals surface area contributed by atoms with Crippen molar-refractivity contribution in [1.82, 2.24) is 0 Å². The van der Waals surface area contributed by atoms with Crippen LogP contribution in [0.25, 0.3) is 11.1 Å². The zero-order valence-corrected chi connectivity index (χ0v) is 23.1. The lowest BCUT2D eigenvalue weighted by molar-refractivity contribution is -0.136. The molecule has 0 saturated carbocycles. The Morgan fingerprint density at radius 3 is 2.30 bits per heavy atom. The standard InChI is InChI=1S/C30H36FNO4.ClH/c1-6-35-14-15-36-30-21(4)19(2)29(20(3)22(30)5)25-9-7-8-23(16-25)18-32-26-12-10-24(27(31)17-26)11-13-28(33)34;/h7-10,12,16-17,32H,6,11,13-15,18H2,1-5H3,(H,33,34);1H. The van der Waals surface area contributed by atoms with Gasteiger partial charge in [-0.1, -0.05) is 24.3 Å². The van der Waals surface area contributed by atoms with Crippen LogP contribution in [0.15, 0.2) is 42.5 Å². The molecule has 0 spiro atoms. The van der Waals surface area contributed by atoms with Crippen LogP contribution in [0.5, 0.6) is 5.75 Å². The van der Waals surface area contributed by atoms with Crippen LogP contribution < -0.4 is 10.1 Å². The van der Waals surface area contributed by atoms with E-state index in [4.69, 9.17) is 14.6 Å². The van der Waals surface area contributed by atoms with Gasteiger partial charge in [-0.25, -0.2) is 4.39 Å². The van der Waals surface area contributed by atoms with E-state index in [9.17, 15) is 9.18 Å². The lowest BCUT2D eigenvalue weighted by atomic mass is 9.88. The molecule has 200 valence electrons. The number of halogens is 2. The van der Waals surface area contributed by atoms with E-state index in [1.54, 1.807) is 12.1 Å². The summed E-state index contributed by atoms with van der Waals surface area (Å²) < 4.78 is 25.9. The van der Waals surface area contributed by atoms with Gasteiger partial charge < -0.3 is 19.9 Å². The van der Waals surface area contributed by atoms with Gasteiger partial charge in [0.1, 0.15) is 18.2 Å². The van der Waals surface area contributed by atoms with Crippen LogP contribution in [0.1, 0.15) is 46.7 Å². The zero-order valence-electron chi connectivity index (χ0n) is 22.2. The number of hydrogen-bond donors (Lipinski definition) is 2. The number of carboxylic acids is 1. The highest BCUT2D eigenvalue weighted by Crippen LogP contribution is 2.38. The van der Waals surface area contributed by atoms with Crippen molar-refractivity contribution in [3.63, 3.8) is 0 Å². The average Bonchev–Trinajstić information content (AvgIpc) is 2.85. The number of hydrogen-bond acceptors (Lipinski definition) is 4. The van der Waals surface area contributed by atoms with E-state index >= 15 is 0 Å². The molecule has 37 heavy (non-hydrogen) atoms. The first-order valence-electron chi connectivity index (χ1n) is 12.4. The predicted molar refractivity (Wildman–Crippen MR) is 150 cm³/mol. The van der Waals surface area contributed by atoms with Crippen molar-refractivity contribution >= 4 is 24.1 Å². The molecular formula is C30H37ClFNO4. The fourth-order valence-corrected chi connectivity index (χ4v) is 4.42. The van der Waals surface area contributed by atoms with Crippen molar-refractivity contribution < 1.29 is 23.8 Å². The molecule has 0 bridgehead atoms. The first-order valence-corrected chi connectivity index (χ1v) is 12.4. The lowest BCUT2D eigenvalue weighted by Gasteiger charge is -2.21. The van der Waals surface area contributed by atoms with Gasteiger partial charge in [-0.2, -0.15) is 0 Å². The minimum absolute atomic E-state index is 0. The summed E-state index contributed by atoms with van der Waals surface area (Å²) in [6.45, 7) is 12.7. The predicted octanol–water partition coefficient (Wildman–Crippen LogP) is 7.19. The van der Waals surface area contributed by atoms with E-state index in [2.05, 4.69) is 45.1 Å². The Balaban J connectivity index is 0.00000481. The van der Waals surface area contributed by atoms with Gasteiger partial charge in [0, 0.05) is 25.3 Å². The van der Waals surface area contributed by atoms with Gasteiger partial charge in [-0.05, 0) is 104 Å². The fourth-order valence-electron chi connectivity index (χ4n) is 4.42. The smallest absolute Gasteiger partial charge is 0.303 e. The number of benzene rings is 3. The van der Waals surface area contributed by atoms with E-state index in [0.717, 1.165) is 28.0 Å². The van der Waals surface area contributed by atoms with Crippen molar-refractivity contribution in [2.45, 2.75) is 54.0 Å². The van der Waals surface area contributed by atoms with E-state index in [0.29, 0.717) is 37.6 Å². The topological polar surface area (TPSA) is 67.8 Å². The summed E-state index contributed by atoms with van der Waals surface area (Å²) in [4.78, 5) is 10.8. The summed E-state index contributed by atoms with van der Waals surface area (Å²) in [5.41, 5.74) is 9.12. The normalized spacial score (nSPS) is 10.6. The molecule has 7 heteroatoms. The molecule has 0 unspecified atom stereocenters. The molecular weight excluding hydrogens is 493 g/mol. The molecule has 0 aromatic heterocycles. The highest BCUT2D eigenvalue weighted by atomic mass is 35.5. The maximum absolute atomic E-state index is 14.4. The van der Waals surface area contributed by atoms with E-state index < -0.39 is 11.8 Å².